The number of unbranched alkanes of at least 4 members (excludes halogenated alkanes) is 2. The largest absolute Gasteiger partial charge is 0.491 e. The molecule has 0 aliphatic carbocycles. The highest BCUT2D eigenvalue weighted by Crippen LogP contribution is 2.27. The molecule has 1 heterocycles. The lowest BCUT2D eigenvalue weighted by Crippen LogP contribution is -2.26. The number of carbonyl (C=O) groups excluding carboxylic acids is 1. The van der Waals surface area contributed by atoms with Gasteiger partial charge in [-0.15, -0.1) is 0 Å². The highest BCUT2D eigenvalue weighted by Gasteiger charge is 2.13. The van der Waals surface area contributed by atoms with Gasteiger partial charge in [-0.3, -0.25) is 9.59 Å². The molecule has 2 N–H and O–H groups in total. The minimum Gasteiger partial charge on any atom is -0.491 e. The van der Waals surface area contributed by atoms with Crippen LogP contribution in [0.15, 0.2) is 23.0 Å². The Kier molecular flexibility index (Phi) is 5.20. The summed E-state index contributed by atoms with van der Waals surface area (Å²) in [5.74, 6) is 0.295. The van der Waals surface area contributed by atoms with Gasteiger partial charge in [0.2, 0.25) is 0 Å². The van der Waals surface area contributed by atoms with E-state index in [9.17, 15) is 9.59 Å². The number of nitrogens with one attached hydrogen (secondary N) is 2. The minimum atomic E-state index is -0.407. The van der Waals surface area contributed by atoms with Crippen LogP contribution in [-0.4, -0.2) is 24.5 Å². The van der Waals surface area contributed by atoms with Crippen molar-refractivity contribution in [2.24, 2.45) is 0 Å². The van der Waals surface area contributed by atoms with Crippen molar-refractivity contribution in [3.05, 3.63) is 39.7 Å². The number of hydrogen-bond donors (Lipinski definition) is 2. The molecule has 1 amide bonds. The Morgan fingerprint density at radius 3 is 2.77 bits per heavy atom. The van der Waals surface area contributed by atoms with Crippen molar-refractivity contribution in [1.29, 1.82) is 0 Å². The van der Waals surface area contributed by atoms with E-state index < -0.39 is 11.5 Å². The Hall–Kier alpha value is -2.30. The summed E-state index contributed by atoms with van der Waals surface area (Å²) < 4.78 is 5.86. The van der Waals surface area contributed by atoms with Gasteiger partial charge in [0.1, 0.15) is 11.3 Å². The lowest BCUT2D eigenvalue weighted by Gasteiger charge is -2.12. The molecular weight excluding hydrogens is 280 g/mol. The lowest BCUT2D eigenvalue weighted by atomic mass is 10.1. The van der Waals surface area contributed by atoms with Gasteiger partial charge in [-0.1, -0.05) is 31.9 Å². The summed E-state index contributed by atoms with van der Waals surface area (Å²) in [5, 5.41) is 3.26. The standard InChI is InChI=1S/C17H22N2O3/c1-4-5-6-9-22-15-11(2)7-8-12-10-13(16(20)18-3)17(21)19-14(12)15/h7-8,10H,4-6,9H2,1-3H3,(H,18,20)(H,19,21). The molecule has 2 aromatic rings. The maximum Gasteiger partial charge on any atom is 0.261 e. The van der Waals surface area contributed by atoms with Crippen LogP contribution in [0.3, 0.4) is 0 Å². The van der Waals surface area contributed by atoms with Gasteiger partial charge in [0.25, 0.3) is 11.5 Å². The number of amides is 1. The molecule has 0 fully saturated rings. The molecule has 0 bridgehead atoms. The summed E-state index contributed by atoms with van der Waals surface area (Å²) in [7, 11) is 1.50. The number of rotatable bonds is 6. The highest BCUT2D eigenvalue weighted by molar-refractivity contribution is 5.98. The van der Waals surface area contributed by atoms with Gasteiger partial charge in [-0.25, -0.2) is 0 Å². The molecule has 0 unspecified atom stereocenters. The number of hydrogen-bond acceptors (Lipinski definition) is 3. The first-order valence-electron chi connectivity index (χ1n) is 7.60. The summed E-state index contributed by atoms with van der Waals surface area (Å²) in [5.41, 5.74) is 1.31. The highest BCUT2D eigenvalue weighted by atomic mass is 16.5. The smallest absolute Gasteiger partial charge is 0.261 e. The normalized spacial score (nSPS) is 10.7. The predicted octanol–water partition coefficient (Wildman–Crippen LogP) is 2.77. The van der Waals surface area contributed by atoms with Crippen LogP contribution in [0.1, 0.15) is 42.1 Å². The molecule has 5 nitrogen and oxygen atoms in total. The number of aryl methyl sites for hydroxylation is 1. The Morgan fingerprint density at radius 1 is 1.32 bits per heavy atom. The number of ether oxygens (including phenoxy) is 1. The molecule has 0 aliphatic rings. The van der Waals surface area contributed by atoms with E-state index in [4.69, 9.17) is 4.74 Å². The van der Waals surface area contributed by atoms with Crippen LogP contribution in [0.5, 0.6) is 5.75 Å². The Labute approximate surface area is 129 Å². The van der Waals surface area contributed by atoms with Crippen molar-refractivity contribution in [3.8, 4) is 5.75 Å². The average molecular weight is 302 g/mol. The molecular formula is C17H22N2O3. The second-order valence-corrected chi connectivity index (χ2v) is 5.32. The third kappa shape index (κ3) is 3.30. The number of carbonyl (C=O) groups is 1. The number of fused-ring (bicyclic) bond motifs is 1. The molecule has 1 aromatic carbocycles. The third-order valence-electron chi connectivity index (χ3n) is 3.64. The summed E-state index contributed by atoms with van der Waals surface area (Å²) in [6, 6.07) is 5.42. The van der Waals surface area contributed by atoms with E-state index in [1.54, 1.807) is 6.07 Å². The van der Waals surface area contributed by atoms with E-state index in [-0.39, 0.29) is 5.56 Å². The minimum absolute atomic E-state index is 0.107. The van der Waals surface area contributed by atoms with Crippen molar-refractivity contribution in [2.45, 2.75) is 33.1 Å². The number of pyridine rings is 1. The second-order valence-electron chi connectivity index (χ2n) is 5.32. The fourth-order valence-electron chi connectivity index (χ4n) is 2.37. The van der Waals surface area contributed by atoms with Gasteiger partial charge in [0.05, 0.1) is 12.1 Å². The summed E-state index contributed by atoms with van der Waals surface area (Å²) >= 11 is 0. The van der Waals surface area contributed by atoms with Crippen LogP contribution in [0.25, 0.3) is 10.9 Å². The van der Waals surface area contributed by atoms with Gasteiger partial charge in [-0.2, -0.15) is 0 Å². The lowest BCUT2D eigenvalue weighted by molar-refractivity contribution is 0.0961. The van der Waals surface area contributed by atoms with Crippen LogP contribution in [0, 0.1) is 6.92 Å². The molecule has 0 spiro atoms. The Balaban J connectivity index is 2.43. The van der Waals surface area contributed by atoms with E-state index >= 15 is 0 Å². The molecule has 22 heavy (non-hydrogen) atoms. The van der Waals surface area contributed by atoms with E-state index in [2.05, 4.69) is 17.2 Å². The van der Waals surface area contributed by atoms with Crippen LogP contribution < -0.4 is 15.6 Å². The van der Waals surface area contributed by atoms with Gasteiger partial charge >= 0.3 is 0 Å². The third-order valence-corrected chi connectivity index (χ3v) is 3.64. The fraction of sp³-hybridized carbons (Fsp3) is 0.412. The van der Waals surface area contributed by atoms with Crippen molar-refractivity contribution < 1.29 is 9.53 Å². The molecule has 0 saturated carbocycles. The zero-order chi connectivity index (χ0) is 16.1. The predicted molar refractivity (Wildman–Crippen MR) is 87.7 cm³/mol. The van der Waals surface area contributed by atoms with Gasteiger partial charge in [-0.05, 0) is 25.0 Å². The molecule has 5 heteroatoms. The Bertz CT molecular complexity index is 734. The molecule has 1 aromatic heterocycles. The number of H-pyrrole nitrogens is 1. The van der Waals surface area contributed by atoms with Gasteiger partial charge in [0.15, 0.2) is 0 Å². The summed E-state index contributed by atoms with van der Waals surface area (Å²) in [4.78, 5) is 26.6. The van der Waals surface area contributed by atoms with E-state index in [1.807, 2.05) is 19.1 Å². The number of aromatic nitrogens is 1. The van der Waals surface area contributed by atoms with Crippen LogP contribution in [-0.2, 0) is 0 Å². The first-order chi connectivity index (χ1) is 10.6. The average Bonchev–Trinajstić information content (AvgIpc) is 2.52. The molecule has 118 valence electrons. The SMILES string of the molecule is CCCCCOc1c(C)ccc2cc(C(=O)NC)c(=O)[nH]c12. The van der Waals surface area contributed by atoms with Gasteiger partial charge in [0, 0.05) is 12.4 Å². The van der Waals surface area contributed by atoms with Crippen molar-refractivity contribution in [2.75, 3.05) is 13.7 Å². The summed E-state index contributed by atoms with van der Waals surface area (Å²) in [6.07, 6.45) is 3.22. The first-order valence-corrected chi connectivity index (χ1v) is 7.60. The molecule has 0 saturated heterocycles. The Morgan fingerprint density at radius 2 is 2.09 bits per heavy atom. The van der Waals surface area contributed by atoms with Crippen LogP contribution >= 0.6 is 0 Å². The van der Waals surface area contributed by atoms with Crippen molar-refractivity contribution >= 4 is 16.8 Å². The number of benzene rings is 1. The van der Waals surface area contributed by atoms with Crippen LogP contribution in [0.4, 0.5) is 0 Å². The maximum atomic E-state index is 12.1. The van der Waals surface area contributed by atoms with E-state index in [0.29, 0.717) is 17.9 Å². The van der Waals surface area contributed by atoms with Crippen LogP contribution in [0.2, 0.25) is 0 Å². The molecule has 2 rings (SSSR count). The summed E-state index contributed by atoms with van der Waals surface area (Å²) in [6.45, 7) is 4.70. The van der Waals surface area contributed by atoms with E-state index in [1.165, 1.54) is 7.05 Å². The van der Waals surface area contributed by atoms with E-state index in [0.717, 1.165) is 30.2 Å². The quantitative estimate of drug-likeness (QED) is 0.806. The fourth-order valence-corrected chi connectivity index (χ4v) is 2.37. The zero-order valence-corrected chi connectivity index (χ0v) is 13.3. The number of aromatic amines is 1. The monoisotopic (exact) mass is 302 g/mol. The van der Waals surface area contributed by atoms with Crippen molar-refractivity contribution in [1.82, 2.24) is 10.3 Å². The van der Waals surface area contributed by atoms with Crippen molar-refractivity contribution in [3.63, 3.8) is 0 Å². The second kappa shape index (κ2) is 7.11. The zero-order valence-electron chi connectivity index (χ0n) is 13.3. The molecule has 0 atom stereocenters. The topological polar surface area (TPSA) is 71.2 Å². The first kappa shape index (κ1) is 16.1. The van der Waals surface area contributed by atoms with Gasteiger partial charge < -0.3 is 15.0 Å². The molecule has 0 radical (unpaired) electrons. The maximum absolute atomic E-state index is 12.1. The molecule has 0 aliphatic heterocycles.